The molecule has 0 saturated carbocycles. The summed E-state index contributed by atoms with van der Waals surface area (Å²) in [7, 11) is 0. The molecule has 5 heteroatoms. The van der Waals surface area contributed by atoms with Gasteiger partial charge in [-0.1, -0.05) is 41.4 Å². The highest BCUT2D eigenvalue weighted by Gasteiger charge is 2.08. The summed E-state index contributed by atoms with van der Waals surface area (Å²) >= 11 is 9.39. The first-order chi connectivity index (χ1) is 8.56. The first kappa shape index (κ1) is 15.3. The topological polar surface area (TPSA) is 41.1 Å². The van der Waals surface area contributed by atoms with Gasteiger partial charge in [-0.05, 0) is 31.0 Å². The number of amides is 1. The van der Waals surface area contributed by atoms with Gasteiger partial charge in [-0.15, -0.1) is 0 Å². The second-order valence-electron chi connectivity index (χ2n) is 4.06. The van der Waals surface area contributed by atoms with Crippen LogP contribution in [0, 0.1) is 0 Å². The molecular weight excluding hydrogens is 316 g/mol. The van der Waals surface area contributed by atoms with Crippen LogP contribution in [0.1, 0.15) is 26.7 Å². The van der Waals surface area contributed by atoms with E-state index < -0.39 is 0 Å². The third kappa shape index (κ3) is 4.86. The maximum atomic E-state index is 11.7. The molecule has 1 aromatic rings. The Hall–Kier alpha value is -0.740. The Bertz CT molecular complexity index is 408. The molecule has 0 bridgehead atoms. The van der Waals surface area contributed by atoms with Gasteiger partial charge in [0.25, 0.3) is 0 Å². The Morgan fingerprint density at radius 1 is 1.39 bits per heavy atom. The van der Waals surface area contributed by atoms with Gasteiger partial charge in [0.1, 0.15) is 0 Å². The van der Waals surface area contributed by atoms with Crippen molar-refractivity contribution in [3.05, 3.63) is 27.7 Å². The van der Waals surface area contributed by atoms with Crippen LogP contribution in [0.2, 0.25) is 5.02 Å². The summed E-state index contributed by atoms with van der Waals surface area (Å²) < 4.78 is 0.916. The van der Waals surface area contributed by atoms with Crippen LogP contribution in [-0.4, -0.2) is 18.5 Å². The van der Waals surface area contributed by atoms with Gasteiger partial charge in [0.05, 0.1) is 17.3 Å². The number of benzene rings is 1. The highest BCUT2D eigenvalue weighted by molar-refractivity contribution is 9.10. The normalized spacial score (nSPS) is 10.5. The number of carbonyl (C=O) groups excluding carboxylic acids is 1. The number of carbonyl (C=O) groups is 1. The SMILES string of the molecule is CCC(CC)NC(=O)CNc1ccc(Br)cc1Cl. The molecule has 3 nitrogen and oxygen atoms in total. The van der Waals surface area contributed by atoms with Crippen LogP contribution in [0.25, 0.3) is 0 Å². The Balaban J connectivity index is 2.47. The molecule has 0 aliphatic heterocycles. The van der Waals surface area contributed by atoms with Crippen LogP contribution >= 0.6 is 27.5 Å². The van der Waals surface area contributed by atoms with Gasteiger partial charge >= 0.3 is 0 Å². The van der Waals surface area contributed by atoms with E-state index in [1.165, 1.54) is 0 Å². The minimum Gasteiger partial charge on any atom is -0.375 e. The van der Waals surface area contributed by atoms with Gasteiger partial charge in [0.15, 0.2) is 0 Å². The molecule has 100 valence electrons. The summed E-state index contributed by atoms with van der Waals surface area (Å²) in [6.45, 7) is 4.36. The lowest BCUT2D eigenvalue weighted by Crippen LogP contribution is -2.37. The molecule has 1 amide bonds. The van der Waals surface area contributed by atoms with Crippen molar-refractivity contribution in [3.8, 4) is 0 Å². The molecule has 0 radical (unpaired) electrons. The second kappa shape index (κ2) is 7.64. The van der Waals surface area contributed by atoms with E-state index in [2.05, 4.69) is 40.4 Å². The van der Waals surface area contributed by atoms with Gasteiger partial charge in [-0.2, -0.15) is 0 Å². The second-order valence-corrected chi connectivity index (χ2v) is 5.38. The molecular formula is C13H18BrClN2O. The number of anilines is 1. The van der Waals surface area contributed by atoms with Crippen molar-refractivity contribution in [1.82, 2.24) is 5.32 Å². The van der Waals surface area contributed by atoms with E-state index in [9.17, 15) is 4.79 Å². The summed E-state index contributed by atoms with van der Waals surface area (Å²) in [5.41, 5.74) is 0.763. The highest BCUT2D eigenvalue weighted by Crippen LogP contribution is 2.25. The molecule has 0 atom stereocenters. The van der Waals surface area contributed by atoms with E-state index in [0.29, 0.717) is 5.02 Å². The third-order valence-electron chi connectivity index (χ3n) is 2.72. The number of nitrogens with one attached hydrogen (secondary N) is 2. The van der Waals surface area contributed by atoms with E-state index >= 15 is 0 Å². The fourth-order valence-corrected chi connectivity index (χ4v) is 2.32. The van der Waals surface area contributed by atoms with Crippen LogP contribution in [0.4, 0.5) is 5.69 Å². The molecule has 0 aliphatic carbocycles. The molecule has 1 rings (SSSR count). The molecule has 2 N–H and O–H groups in total. The predicted octanol–water partition coefficient (Wildman–Crippen LogP) is 3.82. The number of hydrogen-bond acceptors (Lipinski definition) is 2. The number of rotatable bonds is 6. The largest absolute Gasteiger partial charge is 0.375 e. The van der Waals surface area contributed by atoms with Crippen LogP contribution in [-0.2, 0) is 4.79 Å². The summed E-state index contributed by atoms with van der Waals surface area (Å²) in [5.74, 6) is -0.0114. The van der Waals surface area contributed by atoms with Gasteiger partial charge in [0, 0.05) is 10.5 Å². The lowest BCUT2D eigenvalue weighted by molar-refractivity contribution is -0.120. The lowest BCUT2D eigenvalue weighted by Gasteiger charge is -2.15. The highest BCUT2D eigenvalue weighted by atomic mass is 79.9. The van der Waals surface area contributed by atoms with Gasteiger partial charge in [-0.25, -0.2) is 0 Å². The van der Waals surface area contributed by atoms with Crippen LogP contribution in [0.15, 0.2) is 22.7 Å². The Morgan fingerprint density at radius 2 is 2.06 bits per heavy atom. The first-order valence-electron chi connectivity index (χ1n) is 6.05. The Morgan fingerprint density at radius 3 is 2.61 bits per heavy atom. The van der Waals surface area contributed by atoms with E-state index in [1.54, 1.807) is 6.07 Å². The fourth-order valence-electron chi connectivity index (χ4n) is 1.58. The van der Waals surface area contributed by atoms with Crippen molar-refractivity contribution in [1.29, 1.82) is 0 Å². The zero-order valence-electron chi connectivity index (χ0n) is 10.6. The van der Waals surface area contributed by atoms with E-state index in [1.807, 2.05) is 12.1 Å². The Kier molecular flexibility index (Phi) is 6.50. The average Bonchev–Trinajstić information content (AvgIpc) is 2.35. The van der Waals surface area contributed by atoms with Gasteiger partial charge in [0.2, 0.25) is 5.91 Å². The van der Waals surface area contributed by atoms with Crippen LogP contribution < -0.4 is 10.6 Å². The minimum atomic E-state index is -0.0114. The smallest absolute Gasteiger partial charge is 0.239 e. The maximum absolute atomic E-state index is 11.7. The molecule has 0 saturated heterocycles. The van der Waals surface area contributed by atoms with Crippen molar-refractivity contribution in [2.45, 2.75) is 32.7 Å². The molecule has 0 aromatic heterocycles. The molecule has 18 heavy (non-hydrogen) atoms. The van der Waals surface area contributed by atoms with Gasteiger partial charge < -0.3 is 10.6 Å². The van der Waals surface area contributed by atoms with E-state index in [-0.39, 0.29) is 18.5 Å². The average molecular weight is 334 g/mol. The Labute approximate surface area is 121 Å². The molecule has 0 fully saturated rings. The molecule has 0 aliphatic rings. The molecule has 0 spiro atoms. The van der Waals surface area contributed by atoms with E-state index in [0.717, 1.165) is 23.0 Å². The zero-order chi connectivity index (χ0) is 13.5. The predicted molar refractivity (Wildman–Crippen MR) is 80.2 cm³/mol. The fraction of sp³-hybridized carbons (Fsp3) is 0.462. The van der Waals surface area contributed by atoms with Crippen molar-refractivity contribution >= 4 is 39.1 Å². The van der Waals surface area contributed by atoms with E-state index in [4.69, 9.17) is 11.6 Å². The summed E-state index contributed by atoms with van der Waals surface area (Å²) in [6.07, 6.45) is 1.89. The molecule has 0 heterocycles. The van der Waals surface area contributed by atoms with Crippen molar-refractivity contribution in [2.24, 2.45) is 0 Å². The number of hydrogen-bond donors (Lipinski definition) is 2. The van der Waals surface area contributed by atoms with Crippen molar-refractivity contribution in [3.63, 3.8) is 0 Å². The molecule has 0 unspecified atom stereocenters. The monoisotopic (exact) mass is 332 g/mol. The van der Waals surface area contributed by atoms with Crippen molar-refractivity contribution < 1.29 is 4.79 Å². The van der Waals surface area contributed by atoms with Crippen molar-refractivity contribution in [2.75, 3.05) is 11.9 Å². The maximum Gasteiger partial charge on any atom is 0.239 e. The minimum absolute atomic E-state index is 0.0114. The molecule has 1 aromatic carbocycles. The van der Waals surface area contributed by atoms with Crippen LogP contribution in [0.3, 0.4) is 0 Å². The lowest BCUT2D eigenvalue weighted by atomic mass is 10.2. The summed E-state index contributed by atoms with van der Waals surface area (Å²) in [4.78, 5) is 11.7. The summed E-state index contributed by atoms with van der Waals surface area (Å²) in [5, 5.41) is 6.59. The quantitative estimate of drug-likeness (QED) is 0.831. The summed E-state index contributed by atoms with van der Waals surface area (Å²) in [6, 6.07) is 5.77. The van der Waals surface area contributed by atoms with Gasteiger partial charge in [-0.3, -0.25) is 4.79 Å². The third-order valence-corrected chi connectivity index (χ3v) is 3.53. The first-order valence-corrected chi connectivity index (χ1v) is 7.22. The van der Waals surface area contributed by atoms with Crippen LogP contribution in [0.5, 0.6) is 0 Å². The standard InChI is InChI=1S/C13H18BrClN2O/c1-3-10(4-2)17-13(18)8-16-12-6-5-9(14)7-11(12)15/h5-7,10,16H,3-4,8H2,1-2H3,(H,17,18). The zero-order valence-corrected chi connectivity index (χ0v) is 12.9. The number of halogens is 2.